The number of furan rings is 1. The predicted octanol–water partition coefficient (Wildman–Crippen LogP) is 13.2. The van der Waals surface area contributed by atoms with Crippen LogP contribution in [0.25, 0.3) is 117 Å². The smallest absolute Gasteiger partial charge is 0.228 e. The molecule has 0 bridgehead atoms. The highest BCUT2D eigenvalue weighted by Gasteiger charge is 2.21. The second-order valence-electron chi connectivity index (χ2n) is 14.6. The summed E-state index contributed by atoms with van der Waals surface area (Å²) in [4.78, 5) is 20.8. The Morgan fingerprint density at radius 2 is 0.897 bits per heavy atom. The zero-order valence-corrected chi connectivity index (χ0v) is 31.0. The minimum atomic E-state index is 0.597. The lowest BCUT2D eigenvalue weighted by molar-refractivity contribution is 0.655. The van der Waals surface area contributed by atoms with E-state index in [1.807, 2.05) is 48.5 Å². The first-order chi connectivity index (χ1) is 28.8. The van der Waals surface area contributed by atoms with Gasteiger partial charge in [-0.3, -0.25) is 0 Å². The van der Waals surface area contributed by atoms with Crippen LogP contribution >= 0.6 is 0 Å². The molecule has 6 nitrogen and oxygen atoms in total. The molecule has 0 aliphatic heterocycles. The molecule has 0 atom stereocenters. The van der Waals surface area contributed by atoms with Crippen molar-refractivity contribution in [2.24, 2.45) is 0 Å². The average molecular weight is 742 g/mol. The molecular formula is C52H31N5O. The van der Waals surface area contributed by atoms with E-state index in [2.05, 4.69) is 144 Å². The number of rotatable bonds is 5. The van der Waals surface area contributed by atoms with Crippen LogP contribution in [0.5, 0.6) is 0 Å². The van der Waals surface area contributed by atoms with Gasteiger partial charge in [0.2, 0.25) is 5.71 Å². The van der Waals surface area contributed by atoms with E-state index in [0.29, 0.717) is 23.2 Å². The summed E-state index contributed by atoms with van der Waals surface area (Å²) >= 11 is 0. The standard InChI is InChI=1S/C52H31N5O/c1-2-15-32(16-3-1)49-54-50(33-17-14-18-34(31-33)57-44-26-11-8-21-37(44)38-22-9-12-27-45(38)57)56-51(55-49)42-30-29-41(35-19-4-5-20-36(35)42)48-40-24-7-6-23-39(40)47-43-25-10-13-28-46(43)58-52(47)53-48/h1-31H. The molecule has 270 valence electrons. The van der Waals surface area contributed by atoms with Gasteiger partial charge in [-0.1, -0.05) is 152 Å². The van der Waals surface area contributed by atoms with Crippen molar-refractivity contribution in [3.8, 4) is 51.1 Å². The summed E-state index contributed by atoms with van der Waals surface area (Å²) < 4.78 is 8.69. The van der Waals surface area contributed by atoms with Gasteiger partial charge in [-0.05, 0) is 52.6 Å². The molecule has 58 heavy (non-hydrogen) atoms. The summed E-state index contributed by atoms with van der Waals surface area (Å²) in [5.74, 6) is 1.81. The Hall–Kier alpha value is -7.96. The van der Waals surface area contributed by atoms with Crippen LogP contribution in [0, 0.1) is 0 Å². The zero-order valence-electron chi connectivity index (χ0n) is 31.0. The molecule has 0 aliphatic carbocycles. The van der Waals surface area contributed by atoms with Crippen LogP contribution in [0.15, 0.2) is 192 Å². The highest BCUT2D eigenvalue weighted by atomic mass is 16.3. The normalized spacial score (nSPS) is 11.8. The van der Waals surface area contributed by atoms with Crippen LogP contribution in [0.1, 0.15) is 0 Å². The third kappa shape index (κ3) is 4.98. The van der Waals surface area contributed by atoms with Crippen LogP contribution in [-0.2, 0) is 0 Å². The van der Waals surface area contributed by atoms with Crippen LogP contribution in [-0.4, -0.2) is 24.5 Å². The van der Waals surface area contributed by atoms with Crippen molar-refractivity contribution in [3.63, 3.8) is 0 Å². The van der Waals surface area contributed by atoms with E-state index >= 15 is 0 Å². The molecule has 0 saturated carbocycles. The van der Waals surface area contributed by atoms with Crippen LogP contribution in [0.4, 0.5) is 0 Å². The quantitative estimate of drug-likeness (QED) is 0.176. The zero-order chi connectivity index (χ0) is 38.2. The monoisotopic (exact) mass is 741 g/mol. The molecule has 0 amide bonds. The van der Waals surface area contributed by atoms with E-state index < -0.39 is 0 Å². The Kier molecular flexibility index (Phi) is 7.13. The van der Waals surface area contributed by atoms with Gasteiger partial charge in [0.05, 0.1) is 22.1 Å². The number of aromatic nitrogens is 5. The number of hydrogen-bond acceptors (Lipinski definition) is 5. The Bertz CT molecular complexity index is 3530. The SMILES string of the molecule is c1ccc(-c2nc(-c3cccc(-n4c5ccccc5c5ccccc54)c3)nc(-c3ccc(-c4nc5oc6ccccc6c5c5ccccc45)c4ccccc34)n2)cc1. The van der Waals surface area contributed by atoms with Crippen molar-refractivity contribution >= 4 is 65.4 Å². The maximum absolute atomic E-state index is 6.37. The number of fused-ring (bicyclic) bond motifs is 9. The van der Waals surface area contributed by atoms with Crippen molar-refractivity contribution < 1.29 is 4.42 Å². The van der Waals surface area contributed by atoms with Crippen LogP contribution in [0.3, 0.4) is 0 Å². The summed E-state index contributed by atoms with van der Waals surface area (Å²) in [7, 11) is 0. The van der Waals surface area contributed by atoms with Gasteiger partial charge < -0.3 is 8.98 Å². The molecule has 0 saturated heterocycles. The van der Waals surface area contributed by atoms with E-state index in [1.165, 1.54) is 10.8 Å². The fourth-order valence-electron chi connectivity index (χ4n) is 8.67. The number of hydrogen-bond donors (Lipinski definition) is 0. The fourth-order valence-corrected chi connectivity index (χ4v) is 8.67. The molecule has 0 radical (unpaired) electrons. The molecule has 6 heteroatoms. The number of para-hydroxylation sites is 3. The summed E-state index contributed by atoms with van der Waals surface area (Å²) in [6.07, 6.45) is 0. The summed E-state index contributed by atoms with van der Waals surface area (Å²) in [6, 6.07) is 65.1. The average Bonchev–Trinajstić information content (AvgIpc) is 3.85. The maximum Gasteiger partial charge on any atom is 0.228 e. The lowest BCUT2D eigenvalue weighted by atomic mass is 9.94. The third-order valence-electron chi connectivity index (χ3n) is 11.3. The summed E-state index contributed by atoms with van der Waals surface area (Å²) in [6.45, 7) is 0. The minimum absolute atomic E-state index is 0.597. The van der Waals surface area contributed by atoms with Gasteiger partial charge >= 0.3 is 0 Å². The molecule has 8 aromatic carbocycles. The summed E-state index contributed by atoms with van der Waals surface area (Å²) in [5, 5.41) is 8.77. The van der Waals surface area contributed by atoms with E-state index in [-0.39, 0.29) is 0 Å². The van der Waals surface area contributed by atoms with Crippen molar-refractivity contribution in [1.82, 2.24) is 24.5 Å². The first-order valence-corrected chi connectivity index (χ1v) is 19.4. The molecule has 12 rings (SSSR count). The first-order valence-electron chi connectivity index (χ1n) is 19.4. The number of nitrogens with zero attached hydrogens (tertiary/aromatic N) is 5. The van der Waals surface area contributed by atoms with Gasteiger partial charge in [0, 0.05) is 49.5 Å². The minimum Gasteiger partial charge on any atom is -0.438 e. The van der Waals surface area contributed by atoms with Crippen molar-refractivity contribution in [2.45, 2.75) is 0 Å². The van der Waals surface area contributed by atoms with E-state index in [0.717, 1.165) is 82.6 Å². The van der Waals surface area contributed by atoms with Gasteiger partial charge in [-0.2, -0.15) is 0 Å². The second-order valence-corrected chi connectivity index (χ2v) is 14.6. The van der Waals surface area contributed by atoms with Crippen LogP contribution in [0.2, 0.25) is 0 Å². The molecule has 0 aliphatic rings. The molecule has 0 fully saturated rings. The Balaban J connectivity index is 1.06. The lowest BCUT2D eigenvalue weighted by Crippen LogP contribution is -2.01. The lowest BCUT2D eigenvalue weighted by Gasteiger charge is -2.14. The Morgan fingerprint density at radius 3 is 1.64 bits per heavy atom. The maximum atomic E-state index is 6.37. The number of benzene rings is 8. The molecule has 12 aromatic rings. The van der Waals surface area contributed by atoms with Gasteiger partial charge in [-0.15, -0.1) is 0 Å². The van der Waals surface area contributed by atoms with Gasteiger partial charge in [0.25, 0.3) is 0 Å². The molecular weight excluding hydrogens is 711 g/mol. The van der Waals surface area contributed by atoms with E-state index in [4.69, 9.17) is 24.4 Å². The molecule has 0 N–H and O–H groups in total. The summed E-state index contributed by atoms with van der Waals surface area (Å²) in [5.41, 5.74) is 9.39. The van der Waals surface area contributed by atoms with Gasteiger partial charge in [0.15, 0.2) is 17.5 Å². The van der Waals surface area contributed by atoms with Crippen molar-refractivity contribution in [2.75, 3.05) is 0 Å². The van der Waals surface area contributed by atoms with Gasteiger partial charge in [0.1, 0.15) is 5.58 Å². The first kappa shape index (κ1) is 32.3. The Labute approximate surface area is 332 Å². The fraction of sp³-hybridized carbons (Fsp3) is 0. The molecule has 4 aromatic heterocycles. The van der Waals surface area contributed by atoms with Crippen molar-refractivity contribution in [1.29, 1.82) is 0 Å². The largest absolute Gasteiger partial charge is 0.438 e. The van der Waals surface area contributed by atoms with E-state index in [1.54, 1.807) is 0 Å². The second kappa shape index (κ2) is 12.8. The molecule has 0 unspecified atom stereocenters. The van der Waals surface area contributed by atoms with Crippen LogP contribution < -0.4 is 0 Å². The van der Waals surface area contributed by atoms with Gasteiger partial charge in [-0.25, -0.2) is 19.9 Å². The predicted molar refractivity (Wildman–Crippen MR) is 236 cm³/mol. The topological polar surface area (TPSA) is 69.6 Å². The van der Waals surface area contributed by atoms with E-state index in [9.17, 15) is 0 Å². The highest BCUT2D eigenvalue weighted by molar-refractivity contribution is 6.21. The van der Waals surface area contributed by atoms with Crippen molar-refractivity contribution in [3.05, 3.63) is 188 Å². The third-order valence-corrected chi connectivity index (χ3v) is 11.3. The Morgan fingerprint density at radius 1 is 0.362 bits per heavy atom. The molecule has 0 spiro atoms. The molecule has 4 heterocycles. The number of pyridine rings is 1. The highest BCUT2D eigenvalue weighted by Crippen LogP contribution is 2.42.